The summed E-state index contributed by atoms with van der Waals surface area (Å²) in [5.41, 5.74) is -0.210. The molecule has 0 aliphatic carbocycles. The summed E-state index contributed by atoms with van der Waals surface area (Å²) in [6.45, 7) is 4.88. The molecule has 2 heterocycles. The van der Waals surface area contributed by atoms with Crippen molar-refractivity contribution in [3.63, 3.8) is 0 Å². The van der Waals surface area contributed by atoms with Gasteiger partial charge in [-0.3, -0.25) is 4.79 Å². The van der Waals surface area contributed by atoms with E-state index in [4.69, 9.17) is 14.7 Å². The first-order valence-corrected chi connectivity index (χ1v) is 7.34. The Bertz CT molecular complexity index is 638. The van der Waals surface area contributed by atoms with Crippen LogP contribution in [0.25, 0.3) is 0 Å². The zero-order valence-corrected chi connectivity index (χ0v) is 12.6. The smallest absolute Gasteiger partial charge is 0.341 e. The minimum atomic E-state index is -1.21. The van der Waals surface area contributed by atoms with Gasteiger partial charge in [0.1, 0.15) is 10.6 Å². The predicted octanol–water partition coefficient (Wildman–Crippen LogP) is 1.54. The monoisotopic (exact) mass is 312 g/mol. The molecule has 1 aromatic rings. The zero-order chi connectivity index (χ0) is 15.4. The number of ether oxygens (including phenoxy) is 1. The Kier molecular flexibility index (Phi) is 5.03. The average molecular weight is 312 g/mol. The van der Waals surface area contributed by atoms with Crippen LogP contribution < -0.4 is 5.43 Å². The van der Waals surface area contributed by atoms with Crippen molar-refractivity contribution in [2.75, 3.05) is 13.4 Å². The summed E-state index contributed by atoms with van der Waals surface area (Å²) in [4.78, 5) is 28.3. The lowest BCUT2D eigenvalue weighted by Gasteiger charge is -2.09. The third kappa shape index (κ3) is 3.27. The summed E-state index contributed by atoms with van der Waals surface area (Å²) in [5, 5.41) is 14.4. The van der Waals surface area contributed by atoms with Crippen molar-refractivity contribution >= 4 is 22.8 Å². The van der Waals surface area contributed by atoms with Gasteiger partial charge in [0.15, 0.2) is 0 Å². The second kappa shape index (κ2) is 6.77. The summed E-state index contributed by atoms with van der Waals surface area (Å²) >= 11 is 1.32. The number of pyridine rings is 1. The molecule has 7 nitrogen and oxygen atoms in total. The van der Waals surface area contributed by atoms with Crippen LogP contribution in [0.2, 0.25) is 0 Å². The molecule has 0 unspecified atom stereocenters. The molecule has 21 heavy (non-hydrogen) atoms. The quantitative estimate of drug-likeness (QED) is 0.487. The van der Waals surface area contributed by atoms with Gasteiger partial charge >= 0.3 is 5.97 Å². The Hall–Kier alpha value is -1.80. The number of fused-ring (bicyclic) bond motifs is 1. The highest BCUT2D eigenvalue weighted by Crippen LogP contribution is 2.32. The Morgan fingerprint density at radius 3 is 2.90 bits per heavy atom. The summed E-state index contributed by atoms with van der Waals surface area (Å²) in [5.74, 6) is -1.21. The molecule has 1 aliphatic rings. The van der Waals surface area contributed by atoms with Crippen molar-refractivity contribution in [2.45, 2.75) is 31.8 Å². The van der Waals surface area contributed by atoms with Gasteiger partial charge in [-0.15, -0.1) is 0 Å². The topological polar surface area (TPSA) is 90.1 Å². The van der Waals surface area contributed by atoms with Crippen LogP contribution in [0, 0.1) is 0 Å². The molecule has 0 bridgehead atoms. The number of nitrogens with zero attached hydrogens (tertiary/aromatic N) is 2. The molecule has 0 saturated heterocycles. The first kappa shape index (κ1) is 15.6. The SMILES string of the molecule is CCOCO/N=C1/Cc2c(n(CC)cc(C(=O)O)c2=O)S1. The van der Waals surface area contributed by atoms with Crippen LogP contribution >= 0.6 is 11.8 Å². The number of aromatic carboxylic acids is 1. The maximum atomic E-state index is 12.2. The molecule has 0 amide bonds. The molecule has 0 saturated carbocycles. The van der Waals surface area contributed by atoms with E-state index in [1.807, 2.05) is 13.8 Å². The maximum absolute atomic E-state index is 12.2. The molecule has 0 atom stereocenters. The number of aryl methyl sites for hydroxylation is 1. The van der Waals surface area contributed by atoms with Gasteiger partial charge in [-0.05, 0) is 13.8 Å². The van der Waals surface area contributed by atoms with Crippen LogP contribution in [0.5, 0.6) is 0 Å². The largest absolute Gasteiger partial charge is 0.477 e. The molecule has 0 aromatic carbocycles. The Labute approximate surface area is 125 Å². The maximum Gasteiger partial charge on any atom is 0.341 e. The van der Waals surface area contributed by atoms with E-state index in [1.54, 1.807) is 4.57 Å². The van der Waals surface area contributed by atoms with E-state index in [1.165, 1.54) is 18.0 Å². The number of hydrogen-bond donors (Lipinski definition) is 1. The lowest BCUT2D eigenvalue weighted by atomic mass is 10.1. The molecule has 114 valence electrons. The second-order valence-corrected chi connectivity index (χ2v) is 5.31. The lowest BCUT2D eigenvalue weighted by Crippen LogP contribution is -2.22. The minimum absolute atomic E-state index is 0.0509. The molecule has 0 spiro atoms. The lowest BCUT2D eigenvalue weighted by molar-refractivity contribution is -0.0473. The van der Waals surface area contributed by atoms with Crippen LogP contribution in [0.1, 0.15) is 29.8 Å². The molecule has 0 fully saturated rings. The van der Waals surface area contributed by atoms with Gasteiger partial charge in [-0.25, -0.2) is 4.79 Å². The normalized spacial score (nSPS) is 15.2. The van der Waals surface area contributed by atoms with E-state index in [2.05, 4.69) is 5.16 Å². The van der Waals surface area contributed by atoms with Crippen LogP contribution in [-0.2, 0) is 22.5 Å². The van der Waals surface area contributed by atoms with Crippen LogP contribution in [0.15, 0.2) is 21.2 Å². The number of rotatable bonds is 6. The number of aromatic nitrogens is 1. The van der Waals surface area contributed by atoms with Gasteiger partial charge in [0, 0.05) is 31.3 Å². The number of carboxylic acid groups (broad SMARTS) is 1. The van der Waals surface area contributed by atoms with Gasteiger partial charge in [0.05, 0.1) is 5.03 Å². The molecule has 8 heteroatoms. The average Bonchev–Trinajstić information content (AvgIpc) is 2.88. The molecule has 1 aliphatic heterocycles. The third-order valence-corrected chi connectivity index (χ3v) is 4.07. The first-order valence-electron chi connectivity index (χ1n) is 6.52. The standard InChI is InChI=1S/C13H16N2O5S/c1-3-15-6-9(13(17)18)11(16)8-5-10(21-12(8)15)14-20-7-19-4-2/h6H,3-5,7H2,1-2H3,(H,17,18)/b14-10-. The number of hydrogen-bond acceptors (Lipinski definition) is 6. The van der Waals surface area contributed by atoms with Crippen molar-refractivity contribution in [2.24, 2.45) is 5.16 Å². The van der Waals surface area contributed by atoms with E-state index in [0.717, 1.165) is 5.03 Å². The zero-order valence-electron chi connectivity index (χ0n) is 11.8. The van der Waals surface area contributed by atoms with E-state index in [9.17, 15) is 9.59 Å². The fourth-order valence-electron chi connectivity index (χ4n) is 1.94. The predicted molar refractivity (Wildman–Crippen MR) is 77.9 cm³/mol. The fraction of sp³-hybridized carbons (Fsp3) is 0.462. The number of oxime groups is 1. The molecular weight excluding hydrogens is 296 g/mol. The van der Waals surface area contributed by atoms with Crippen molar-refractivity contribution in [1.29, 1.82) is 0 Å². The number of carboxylic acids is 1. The summed E-state index contributed by atoms with van der Waals surface area (Å²) < 4.78 is 6.75. The molecule has 2 rings (SSSR count). The van der Waals surface area contributed by atoms with Crippen molar-refractivity contribution in [3.8, 4) is 0 Å². The van der Waals surface area contributed by atoms with Gasteiger partial charge in [-0.1, -0.05) is 16.9 Å². The van der Waals surface area contributed by atoms with Crippen LogP contribution in [-0.4, -0.2) is 34.1 Å². The number of thioether (sulfide) groups is 1. The summed E-state index contributed by atoms with van der Waals surface area (Å²) in [6, 6.07) is 0. The molecule has 0 radical (unpaired) electrons. The fourth-order valence-corrected chi connectivity index (χ4v) is 3.06. The van der Waals surface area contributed by atoms with Crippen LogP contribution in [0.4, 0.5) is 0 Å². The summed E-state index contributed by atoms with van der Waals surface area (Å²) in [7, 11) is 0. The molecule has 1 N–H and O–H groups in total. The number of carbonyl (C=O) groups is 1. The van der Waals surface area contributed by atoms with Crippen molar-refractivity contribution in [1.82, 2.24) is 4.57 Å². The Morgan fingerprint density at radius 1 is 1.52 bits per heavy atom. The van der Waals surface area contributed by atoms with Crippen molar-refractivity contribution in [3.05, 3.63) is 27.5 Å². The highest BCUT2D eigenvalue weighted by molar-refractivity contribution is 8.14. The molecule has 1 aromatic heterocycles. The minimum Gasteiger partial charge on any atom is -0.477 e. The third-order valence-electron chi connectivity index (χ3n) is 2.94. The van der Waals surface area contributed by atoms with E-state index in [-0.39, 0.29) is 18.8 Å². The van der Waals surface area contributed by atoms with Crippen LogP contribution in [0.3, 0.4) is 0 Å². The highest BCUT2D eigenvalue weighted by Gasteiger charge is 2.27. The van der Waals surface area contributed by atoms with Crippen molar-refractivity contribution < 1.29 is 19.5 Å². The van der Waals surface area contributed by atoms with Gasteiger partial charge in [0.2, 0.25) is 12.2 Å². The Morgan fingerprint density at radius 2 is 2.29 bits per heavy atom. The van der Waals surface area contributed by atoms with Gasteiger partial charge in [-0.2, -0.15) is 0 Å². The molecular formula is C13H16N2O5S. The van der Waals surface area contributed by atoms with Gasteiger partial charge in [0.25, 0.3) is 0 Å². The Balaban J connectivity index is 2.29. The highest BCUT2D eigenvalue weighted by atomic mass is 32.2. The van der Waals surface area contributed by atoms with E-state index >= 15 is 0 Å². The first-order chi connectivity index (χ1) is 10.1. The van der Waals surface area contributed by atoms with E-state index < -0.39 is 11.4 Å². The second-order valence-electron chi connectivity index (χ2n) is 4.25. The van der Waals surface area contributed by atoms with Gasteiger partial charge < -0.3 is 19.2 Å². The summed E-state index contributed by atoms with van der Waals surface area (Å²) in [6.07, 6.45) is 1.66. The van der Waals surface area contributed by atoms with E-state index in [0.29, 0.717) is 23.8 Å².